The molecule has 0 spiro atoms. The van der Waals surface area contributed by atoms with Gasteiger partial charge in [0.1, 0.15) is 0 Å². The van der Waals surface area contributed by atoms with Crippen molar-refractivity contribution in [2.45, 2.75) is 71.0 Å². The summed E-state index contributed by atoms with van der Waals surface area (Å²) in [6.07, 6.45) is 5.43. The second-order valence-electron chi connectivity index (χ2n) is 5.51. The molecular weight excluding hydrogens is 226 g/mol. The first-order chi connectivity index (χ1) is 8.56. The molecule has 0 heterocycles. The molecule has 0 aromatic rings. The fraction of sp³-hybridized carbons (Fsp3) is 0.929. The molecule has 1 amide bonds. The van der Waals surface area contributed by atoms with Crippen LogP contribution >= 0.6 is 0 Å². The smallest absolute Gasteiger partial charge is 0.234 e. The average molecular weight is 255 g/mol. The molecule has 1 unspecified atom stereocenters. The van der Waals surface area contributed by atoms with E-state index < -0.39 is 0 Å². The predicted octanol–water partition coefficient (Wildman–Crippen LogP) is 1.49. The van der Waals surface area contributed by atoms with Gasteiger partial charge in [-0.05, 0) is 45.6 Å². The Morgan fingerprint density at radius 2 is 1.94 bits per heavy atom. The van der Waals surface area contributed by atoms with Crippen molar-refractivity contribution in [2.75, 3.05) is 13.1 Å². The van der Waals surface area contributed by atoms with Gasteiger partial charge in [-0.2, -0.15) is 0 Å². The number of nitrogens with two attached hydrogens (primary N) is 1. The van der Waals surface area contributed by atoms with Gasteiger partial charge in [-0.1, -0.05) is 13.8 Å². The maximum Gasteiger partial charge on any atom is 0.234 e. The van der Waals surface area contributed by atoms with E-state index in [1.807, 2.05) is 6.92 Å². The molecule has 0 aromatic carbocycles. The van der Waals surface area contributed by atoms with Crippen molar-refractivity contribution in [3.63, 3.8) is 0 Å². The van der Waals surface area contributed by atoms with Crippen LogP contribution in [-0.2, 0) is 4.79 Å². The normalized spacial score (nSPS) is 26.1. The van der Waals surface area contributed by atoms with E-state index in [-0.39, 0.29) is 11.9 Å². The molecule has 1 aliphatic rings. The molecule has 1 fully saturated rings. The summed E-state index contributed by atoms with van der Waals surface area (Å²) < 4.78 is 0. The Labute approximate surface area is 111 Å². The van der Waals surface area contributed by atoms with Crippen LogP contribution in [0.3, 0.4) is 0 Å². The monoisotopic (exact) mass is 255 g/mol. The Balaban J connectivity index is 2.39. The van der Waals surface area contributed by atoms with E-state index in [0.717, 1.165) is 38.6 Å². The lowest BCUT2D eigenvalue weighted by Crippen LogP contribution is -2.47. The predicted molar refractivity (Wildman–Crippen MR) is 75.4 cm³/mol. The highest BCUT2D eigenvalue weighted by atomic mass is 16.2. The zero-order chi connectivity index (χ0) is 13.5. The maximum atomic E-state index is 11.9. The zero-order valence-electron chi connectivity index (χ0n) is 12.1. The Morgan fingerprint density at radius 1 is 1.33 bits per heavy atom. The minimum atomic E-state index is 0.154. The van der Waals surface area contributed by atoms with Crippen molar-refractivity contribution in [2.24, 2.45) is 5.73 Å². The summed E-state index contributed by atoms with van der Waals surface area (Å²) in [7, 11) is 0. The summed E-state index contributed by atoms with van der Waals surface area (Å²) in [5.74, 6) is 0.154. The van der Waals surface area contributed by atoms with Crippen LogP contribution in [0.4, 0.5) is 0 Å². The molecule has 0 radical (unpaired) electrons. The Bertz CT molecular complexity index is 249. The first kappa shape index (κ1) is 15.4. The van der Waals surface area contributed by atoms with Crippen LogP contribution in [0, 0.1) is 0 Å². The Morgan fingerprint density at radius 3 is 2.44 bits per heavy atom. The molecule has 106 valence electrons. The fourth-order valence-corrected chi connectivity index (χ4v) is 2.57. The van der Waals surface area contributed by atoms with Gasteiger partial charge in [0, 0.05) is 18.1 Å². The Kier molecular flexibility index (Phi) is 6.65. The number of likely N-dealkylation sites (N-methyl/N-ethyl adjacent to an activating group) is 1. The van der Waals surface area contributed by atoms with Crippen molar-refractivity contribution >= 4 is 5.91 Å². The summed E-state index contributed by atoms with van der Waals surface area (Å²) in [4.78, 5) is 14.2. The van der Waals surface area contributed by atoms with Crippen LogP contribution in [0.1, 0.15) is 52.9 Å². The third-order valence-corrected chi connectivity index (χ3v) is 4.03. The summed E-state index contributed by atoms with van der Waals surface area (Å²) in [5.41, 5.74) is 5.93. The van der Waals surface area contributed by atoms with E-state index >= 15 is 0 Å². The van der Waals surface area contributed by atoms with E-state index in [2.05, 4.69) is 24.1 Å². The lowest BCUT2D eigenvalue weighted by Gasteiger charge is -2.35. The quantitative estimate of drug-likeness (QED) is 0.756. The van der Waals surface area contributed by atoms with Crippen LogP contribution < -0.4 is 11.1 Å². The molecule has 1 atom stereocenters. The molecule has 0 bridgehead atoms. The van der Waals surface area contributed by atoms with E-state index in [4.69, 9.17) is 5.73 Å². The van der Waals surface area contributed by atoms with Crippen molar-refractivity contribution in [1.82, 2.24) is 10.2 Å². The maximum absolute atomic E-state index is 11.9. The summed E-state index contributed by atoms with van der Waals surface area (Å²) in [5, 5.41) is 3.04. The second-order valence-corrected chi connectivity index (χ2v) is 5.51. The zero-order valence-corrected chi connectivity index (χ0v) is 12.1. The highest BCUT2D eigenvalue weighted by Gasteiger charge is 2.24. The number of carbonyl (C=O) groups excluding carboxylic acids is 1. The van der Waals surface area contributed by atoms with Crippen molar-refractivity contribution < 1.29 is 4.79 Å². The van der Waals surface area contributed by atoms with Crippen LogP contribution in [0.15, 0.2) is 0 Å². The van der Waals surface area contributed by atoms with Crippen LogP contribution in [0.2, 0.25) is 0 Å². The fourth-order valence-electron chi connectivity index (χ4n) is 2.57. The number of carbonyl (C=O) groups is 1. The summed E-state index contributed by atoms with van der Waals surface area (Å²) >= 11 is 0. The van der Waals surface area contributed by atoms with Gasteiger partial charge >= 0.3 is 0 Å². The third-order valence-electron chi connectivity index (χ3n) is 4.03. The highest BCUT2D eigenvalue weighted by molar-refractivity contribution is 5.78. The van der Waals surface area contributed by atoms with E-state index in [0.29, 0.717) is 18.6 Å². The average Bonchev–Trinajstić information content (AvgIpc) is 2.37. The molecule has 0 saturated heterocycles. The Hall–Kier alpha value is -0.610. The summed E-state index contributed by atoms with van der Waals surface area (Å²) in [6, 6.07) is 1.18. The van der Waals surface area contributed by atoms with Crippen molar-refractivity contribution in [3.05, 3.63) is 0 Å². The van der Waals surface area contributed by atoms with Crippen molar-refractivity contribution in [3.8, 4) is 0 Å². The lowest BCUT2D eigenvalue weighted by atomic mass is 9.90. The van der Waals surface area contributed by atoms with Gasteiger partial charge in [0.2, 0.25) is 5.91 Å². The number of nitrogens with zero attached hydrogens (tertiary/aromatic N) is 1. The molecule has 4 heteroatoms. The minimum Gasteiger partial charge on any atom is -0.353 e. The number of rotatable bonds is 6. The SMILES string of the molecule is CCC(C)NC(=O)CN(CC)C1CCC(N)CC1. The van der Waals surface area contributed by atoms with E-state index in [1.54, 1.807) is 0 Å². The van der Waals surface area contributed by atoms with E-state index in [1.165, 1.54) is 0 Å². The van der Waals surface area contributed by atoms with E-state index in [9.17, 15) is 4.79 Å². The highest BCUT2D eigenvalue weighted by Crippen LogP contribution is 2.21. The van der Waals surface area contributed by atoms with Gasteiger partial charge in [-0.3, -0.25) is 9.69 Å². The van der Waals surface area contributed by atoms with Gasteiger partial charge in [0.15, 0.2) is 0 Å². The molecule has 4 nitrogen and oxygen atoms in total. The van der Waals surface area contributed by atoms with Gasteiger partial charge < -0.3 is 11.1 Å². The topological polar surface area (TPSA) is 58.4 Å². The molecule has 3 N–H and O–H groups in total. The number of hydrogen-bond donors (Lipinski definition) is 2. The van der Waals surface area contributed by atoms with Gasteiger partial charge in [-0.15, -0.1) is 0 Å². The number of hydrogen-bond acceptors (Lipinski definition) is 3. The van der Waals surface area contributed by atoms with Crippen molar-refractivity contribution in [1.29, 1.82) is 0 Å². The first-order valence-electron chi connectivity index (χ1n) is 7.35. The summed E-state index contributed by atoms with van der Waals surface area (Å²) in [6.45, 7) is 7.73. The first-order valence-corrected chi connectivity index (χ1v) is 7.35. The molecule has 1 aliphatic carbocycles. The van der Waals surface area contributed by atoms with Gasteiger partial charge in [0.25, 0.3) is 0 Å². The lowest BCUT2D eigenvalue weighted by molar-refractivity contribution is -0.123. The standard InChI is InChI=1S/C14H29N3O/c1-4-11(3)16-14(18)10-17(5-2)13-8-6-12(15)7-9-13/h11-13H,4-10,15H2,1-3H3,(H,16,18). The van der Waals surface area contributed by atoms with Gasteiger partial charge in [-0.25, -0.2) is 0 Å². The molecule has 1 rings (SSSR count). The molecular formula is C14H29N3O. The number of nitrogens with one attached hydrogen (secondary N) is 1. The molecule has 0 aliphatic heterocycles. The van der Waals surface area contributed by atoms with Crippen LogP contribution in [0.25, 0.3) is 0 Å². The van der Waals surface area contributed by atoms with Gasteiger partial charge in [0.05, 0.1) is 6.54 Å². The molecule has 0 aromatic heterocycles. The minimum absolute atomic E-state index is 0.154. The second kappa shape index (κ2) is 7.74. The number of amides is 1. The molecule has 1 saturated carbocycles. The van der Waals surface area contributed by atoms with Crippen LogP contribution in [-0.4, -0.2) is 42.0 Å². The largest absolute Gasteiger partial charge is 0.353 e. The molecule has 18 heavy (non-hydrogen) atoms. The van der Waals surface area contributed by atoms with Crippen LogP contribution in [0.5, 0.6) is 0 Å². The third kappa shape index (κ3) is 4.94.